The molecule has 30 heavy (non-hydrogen) atoms. The molecule has 2 N–H and O–H groups in total. The van der Waals surface area contributed by atoms with Crippen LogP contribution in [0.2, 0.25) is 10.0 Å². The number of nitrogens with one attached hydrogen (secondary N) is 1. The van der Waals surface area contributed by atoms with Crippen molar-refractivity contribution in [1.82, 2.24) is 20.0 Å². The Morgan fingerprint density at radius 3 is 2.37 bits per heavy atom. The number of piperazine rings is 1. The van der Waals surface area contributed by atoms with Gasteiger partial charge in [0.15, 0.2) is 0 Å². The van der Waals surface area contributed by atoms with Crippen LogP contribution in [0.4, 0.5) is 5.69 Å². The number of hydrogen-bond acceptors (Lipinski definition) is 4. The van der Waals surface area contributed by atoms with E-state index >= 15 is 0 Å². The third-order valence-electron chi connectivity index (χ3n) is 5.63. The van der Waals surface area contributed by atoms with Crippen LogP contribution in [0.15, 0.2) is 17.0 Å². The number of anilines is 1. The van der Waals surface area contributed by atoms with Crippen LogP contribution in [0.1, 0.15) is 23.4 Å². The summed E-state index contributed by atoms with van der Waals surface area (Å²) < 4.78 is 27.4. The predicted octanol–water partition coefficient (Wildman–Crippen LogP) is 3.56. The van der Waals surface area contributed by atoms with Gasteiger partial charge in [-0.05, 0) is 55.1 Å². The first-order valence-electron chi connectivity index (χ1n) is 10.0. The second kappa shape index (κ2) is 9.54. The fourth-order valence-corrected chi connectivity index (χ4v) is 6.48. The van der Waals surface area contributed by atoms with Crippen molar-refractivity contribution in [3.63, 3.8) is 0 Å². The summed E-state index contributed by atoms with van der Waals surface area (Å²) in [4.78, 5) is 2.48. The molecule has 1 aliphatic heterocycles. The molecule has 0 bridgehead atoms. The quantitative estimate of drug-likeness (QED) is 0.600. The average Bonchev–Trinajstić information content (AvgIpc) is 2.93. The van der Waals surface area contributed by atoms with Gasteiger partial charge in [-0.15, -0.1) is 0 Å². The van der Waals surface area contributed by atoms with E-state index in [9.17, 15) is 8.76 Å². The second-order valence-electron chi connectivity index (χ2n) is 7.72. The van der Waals surface area contributed by atoms with E-state index in [1.54, 1.807) is 37.8 Å². The van der Waals surface area contributed by atoms with Crippen molar-refractivity contribution in [3.05, 3.63) is 39.1 Å². The topological polar surface area (TPSA) is 73.6 Å². The van der Waals surface area contributed by atoms with Gasteiger partial charge in [0.05, 0.1) is 18.4 Å². The van der Waals surface area contributed by atoms with Crippen LogP contribution in [0, 0.1) is 13.8 Å². The largest absolute Gasteiger partial charge is 0.351 e. The Hall–Kier alpha value is -1.16. The Balaban J connectivity index is 1.79. The lowest BCUT2D eigenvalue weighted by Gasteiger charge is -2.27. The molecule has 7 nitrogen and oxygen atoms in total. The monoisotopic (exact) mass is 474 g/mol. The first-order chi connectivity index (χ1) is 14.1. The molecule has 166 valence electrons. The molecule has 1 unspecified atom stereocenters. The summed E-state index contributed by atoms with van der Waals surface area (Å²) in [5.74, 6) is 0. The molecule has 0 aliphatic carbocycles. The molecule has 1 aromatic heterocycles. The highest BCUT2D eigenvalue weighted by Crippen LogP contribution is 2.39. The summed E-state index contributed by atoms with van der Waals surface area (Å²) in [6.45, 7) is 8.85. The maximum Gasteiger partial charge on any atom is 0.351 e. The Morgan fingerprint density at radius 1 is 1.23 bits per heavy atom. The normalized spacial score (nSPS) is 17.2. The third-order valence-corrected chi connectivity index (χ3v) is 8.35. The van der Waals surface area contributed by atoms with Crippen LogP contribution < -0.4 is 9.62 Å². The van der Waals surface area contributed by atoms with E-state index in [1.165, 1.54) is 4.31 Å². The SMILES string of the molecule is Cc1nn(C)c(C)c1N(C)[S+](=O)(O)c1c(Cl)cc(CCCN2CCNCC2)cc1Cl. The number of aromatic nitrogens is 2. The number of hydrogen-bond donors (Lipinski definition) is 2. The Kier molecular flexibility index (Phi) is 7.48. The molecule has 1 atom stereocenters. The molecule has 0 saturated carbocycles. The van der Waals surface area contributed by atoms with Crippen molar-refractivity contribution in [2.45, 2.75) is 31.6 Å². The van der Waals surface area contributed by atoms with Crippen molar-refractivity contribution in [1.29, 1.82) is 0 Å². The van der Waals surface area contributed by atoms with Gasteiger partial charge in [-0.1, -0.05) is 23.2 Å². The number of nitrogens with zero attached hydrogens (tertiary/aromatic N) is 4. The fraction of sp³-hybridized carbons (Fsp3) is 0.550. The van der Waals surface area contributed by atoms with E-state index in [0.717, 1.165) is 56.8 Å². The van der Waals surface area contributed by atoms with Crippen molar-refractivity contribution >= 4 is 39.3 Å². The lowest BCUT2D eigenvalue weighted by Crippen LogP contribution is -2.43. The number of halogens is 2. The zero-order valence-electron chi connectivity index (χ0n) is 17.9. The predicted molar refractivity (Wildman–Crippen MR) is 124 cm³/mol. The zero-order valence-corrected chi connectivity index (χ0v) is 20.2. The summed E-state index contributed by atoms with van der Waals surface area (Å²) in [5, 5.41) is 8.10. The van der Waals surface area contributed by atoms with Gasteiger partial charge in [-0.2, -0.15) is 14.0 Å². The van der Waals surface area contributed by atoms with Crippen molar-refractivity contribution < 1.29 is 8.76 Å². The van der Waals surface area contributed by atoms with E-state index < -0.39 is 10.4 Å². The Labute approximate surface area is 189 Å². The molecular formula is C20H30Cl2N5O2S+. The first kappa shape index (κ1) is 23.5. The molecule has 1 fully saturated rings. The van der Waals surface area contributed by atoms with E-state index in [2.05, 4.69) is 15.3 Å². The highest BCUT2D eigenvalue weighted by Gasteiger charge is 2.43. The maximum absolute atomic E-state index is 13.4. The summed E-state index contributed by atoms with van der Waals surface area (Å²) in [5.41, 5.74) is 3.01. The highest BCUT2D eigenvalue weighted by atomic mass is 35.5. The molecule has 0 amide bonds. The number of benzene rings is 1. The van der Waals surface area contributed by atoms with Crippen LogP contribution in [0.25, 0.3) is 0 Å². The van der Waals surface area contributed by atoms with E-state index in [4.69, 9.17) is 23.2 Å². The van der Waals surface area contributed by atoms with Gasteiger partial charge >= 0.3 is 10.4 Å². The molecule has 3 rings (SSSR count). The van der Waals surface area contributed by atoms with Crippen LogP contribution in [-0.2, 0) is 28.1 Å². The van der Waals surface area contributed by atoms with Crippen LogP contribution >= 0.6 is 23.2 Å². The lowest BCUT2D eigenvalue weighted by molar-refractivity contribution is 0.238. The molecule has 0 spiro atoms. The summed E-state index contributed by atoms with van der Waals surface area (Å²) in [6.07, 6.45) is 1.79. The second-order valence-corrected chi connectivity index (χ2v) is 10.5. The minimum Gasteiger partial charge on any atom is -0.314 e. The van der Waals surface area contributed by atoms with Crippen LogP contribution in [0.5, 0.6) is 0 Å². The first-order valence-corrected chi connectivity index (χ1v) is 12.3. The Morgan fingerprint density at radius 2 is 1.83 bits per heavy atom. The van der Waals surface area contributed by atoms with Crippen molar-refractivity contribution in [3.8, 4) is 0 Å². The fourth-order valence-electron chi connectivity index (χ4n) is 3.93. The zero-order chi connectivity index (χ0) is 22.1. The van der Waals surface area contributed by atoms with E-state index in [0.29, 0.717) is 11.4 Å². The number of rotatable bonds is 7. The summed E-state index contributed by atoms with van der Waals surface area (Å²) >= 11 is 12.9. The van der Waals surface area contributed by atoms with Crippen LogP contribution in [0.3, 0.4) is 0 Å². The summed E-state index contributed by atoms with van der Waals surface area (Å²) in [6, 6.07) is 3.51. The third kappa shape index (κ3) is 4.84. The maximum atomic E-state index is 13.4. The minimum atomic E-state index is -3.69. The van der Waals surface area contributed by atoms with Gasteiger partial charge in [0.1, 0.15) is 15.7 Å². The Bertz CT molecular complexity index is 936. The molecular weight excluding hydrogens is 445 g/mol. The van der Waals surface area contributed by atoms with E-state index in [1.807, 2.05) is 6.92 Å². The standard InChI is InChI=1S/C20H29Cl2N5O2S/c1-14-19(15(2)25(3)24-14)26(4)30(28,29)20-17(21)12-16(13-18(20)22)6-5-9-27-10-7-23-8-11-27/h12-13,23H,5-11H2,1-4H3/p+1. The van der Waals surface area contributed by atoms with E-state index in [-0.39, 0.29) is 14.9 Å². The molecule has 2 heterocycles. The highest BCUT2D eigenvalue weighted by molar-refractivity contribution is 7.99. The van der Waals surface area contributed by atoms with Crippen molar-refractivity contribution in [2.24, 2.45) is 7.05 Å². The van der Waals surface area contributed by atoms with Gasteiger partial charge in [0.2, 0.25) is 0 Å². The molecule has 1 aromatic carbocycles. The average molecular weight is 475 g/mol. The van der Waals surface area contributed by atoms with Gasteiger partial charge in [0, 0.05) is 33.2 Å². The van der Waals surface area contributed by atoms with Gasteiger partial charge in [-0.3, -0.25) is 4.68 Å². The molecule has 1 saturated heterocycles. The number of aryl methyl sites for hydroxylation is 3. The smallest absolute Gasteiger partial charge is 0.314 e. The van der Waals surface area contributed by atoms with Crippen LogP contribution in [-0.4, -0.2) is 59.0 Å². The van der Waals surface area contributed by atoms with Crippen molar-refractivity contribution in [2.75, 3.05) is 44.1 Å². The minimum absolute atomic E-state index is 0.0434. The van der Waals surface area contributed by atoms with Gasteiger partial charge in [-0.25, -0.2) is 0 Å². The lowest BCUT2D eigenvalue weighted by atomic mass is 10.1. The molecule has 10 heteroatoms. The molecule has 0 radical (unpaired) electrons. The molecule has 2 aromatic rings. The van der Waals surface area contributed by atoms with Gasteiger partial charge < -0.3 is 10.2 Å². The molecule has 1 aliphatic rings. The van der Waals surface area contributed by atoms with Gasteiger partial charge in [0.25, 0.3) is 4.90 Å². The summed E-state index contributed by atoms with van der Waals surface area (Å²) in [7, 11) is -0.326.